The molecule has 0 aromatic heterocycles. The van der Waals surface area contributed by atoms with Crippen LogP contribution in [-0.4, -0.2) is 25.6 Å². The van der Waals surface area contributed by atoms with Gasteiger partial charge in [-0.3, -0.25) is 0 Å². The lowest BCUT2D eigenvalue weighted by Crippen LogP contribution is -2.06. The molecule has 0 amide bonds. The zero-order valence-corrected chi connectivity index (χ0v) is 15.3. The normalized spacial score (nSPS) is 17.9. The molecule has 0 heterocycles. The minimum atomic E-state index is 0.531. The highest BCUT2D eigenvalue weighted by molar-refractivity contribution is 6.06. The van der Waals surface area contributed by atoms with E-state index in [0.717, 1.165) is 34.0 Å². The summed E-state index contributed by atoms with van der Waals surface area (Å²) in [5.41, 5.74) is 4.47. The molecule has 0 unspecified atom stereocenters. The molecule has 0 spiro atoms. The largest absolute Gasteiger partial charge is 0.497 e. The molecule has 134 valence electrons. The molecule has 0 N–H and O–H groups in total. The van der Waals surface area contributed by atoms with Crippen molar-refractivity contribution in [2.75, 3.05) is 14.2 Å². The Morgan fingerprint density at radius 3 is 1.27 bits per heavy atom. The summed E-state index contributed by atoms with van der Waals surface area (Å²) in [5, 5.41) is 9.45. The third kappa shape index (κ3) is 3.79. The molecular formula is C22H24N2O2. The van der Waals surface area contributed by atoms with Crippen LogP contribution in [0.3, 0.4) is 0 Å². The van der Waals surface area contributed by atoms with Gasteiger partial charge in [-0.25, -0.2) is 0 Å². The minimum absolute atomic E-state index is 0.531. The van der Waals surface area contributed by atoms with Gasteiger partial charge in [0.05, 0.1) is 25.6 Å². The van der Waals surface area contributed by atoms with Crippen LogP contribution in [0, 0.1) is 11.8 Å². The summed E-state index contributed by atoms with van der Waals surface area (Å²) in [5.74, 6) is 2.79. The molecule has 2 aromatic rings. The summed E-state index contributed by atoms with van der Waals surface area (Å²) in [6, 6.07) is 16.3. The molecular weight excluding hydrogens is 324 g/mol. The summed E-state index contributed by atoms with van der Waals surface area (Å²) in [7, 11) is 3.37. The van der Waals surface area contributed by atoms with E-state index in [0.29, 0.717) is 11.8 Å². The fraction of sp³-hybridized carbons (Fsp3) is 0.364. The van der Waals surface area contributed by atoms with Gasteiger partial charge >= 0.3 is 0 Å². The molecule has 0 saturated heterocycles. The molecule has 4 rings (SSSR count). The lowest BCUT2D eigenvalue weighted by molar-refractivity contribution is 0.414. The molecule has 2 aliphatic rings. The van der Waals surface area contributed by atoms with E-state index in [9.17, 15) is 0 Å². The Morgan fingerprint density at radius 1 is 0.654 bits per heavy atom. The van der Waals surface area contributed by atoms with Gasteiger partial charge in [-0.15, -0.1) is 0 Å². The SMILES string of the molecule is COc1ccc(C(=N/N=C(\c2ccc(OC)cc2)C2CC2)C2CC2)cc1. The number of benzene rings is 2. The van der Waals surface area contributed by atoms with Crippen LogP contribution in [0.5, 0.6) is 11.5 Å². The van der Waals surface area contributed by atoms with Crippen LogP contribution in [0.4, 0.5) is 0 Å². The lowest BCUT2D eigenvalue weighted by atomic mass is 10.1. The first-order valence-corrected chi connectivity index (χ1v) is 9.23. The second-order valence-corrected chi connectivity index (χ2v) is 6.98. The van der Waals surface area contributed by atoms with Gasteiger partial charge in [0.25, 0.3) is 0 Å². The average molecular weight is 348 g/mol. The summed E-state index contributed by atoms with van der Waals surface area (Å²) in [6.07, 6.45) is 4.78. The molecule has 0 aliphatic heterocycles. The van der Waals surface area contributed by atoms with E-state index in [1.807, 2.05) is 24.3 Å². The molecule has 0 radical (unpaired) electrons. The number of ether oxygens (including phenoxy) is 2. The van der Waals surface area contributed by atoms with E-state index in [1.54, 1.807) is 14.2 Å². The predicted molar refractivity (Wildman–Crippen MR) is 105 cm³/mol. The van der Waals surface area contributed by atoms with E-state index < -0.39 is 0 Å². The predicted octanol–water partition coefficient (Wildman–Crippen LogP) is 4.72. The minimum Gasteiger partial charge on any atom is -0.497 e. The van der Waals surface area contributed by atoms with Crippen molar-refractivity contribution in [1.29, 1.82) is 0 Å². The molecule has 0 bridgehead atoms. The van der Waals surface area contributed by atoms with Gasteiger partial charge in [0.2, 0.25) is 0 Å². The third-order valence-corrected chi connectivity index (χ3v) is 4.97. The standard InChI is InChI=1S/C22H24N2O2/c1-25-19-11-7-17(8-12-19)21(15-3-4-15)23-24-22(16-5-6-16)18-9-13-20(26-2)14-10-18/h7-16H,3-6H2,1-2H3/b23-21-,24-22?. The quantitative estimate of drug-likeness (QED) is 0.537. The molecule has 2 aromatic carbocycles. The van der Waals surface area contributed by atoms with Gasteiger partial charge in [-0.1, -0.05) is 0 Å². The molecule has 2 aliphatic carbocycles. The van der Waals surface area contributed by atoms with Crippen LogP contribution in [-0.2, 0) is 0 Å². The molecule has 4 heteroatoms. The maximum absolute atomic E-state index is 5.26. The molecule has 4 nitrogen and oxygen atoms in total. The summed E-state index contributed by atoms with van der Waals surface area (Å²) >= 11 is 0. The highest BCUT2D eigenvalue weighted by Crippen LogP contribution is 2.36. The van der Waals surface area contributed by atoms with Crippen LogP contribution in [0.2, 0.25) is 0 Å². The Kier molecular flexibility index (Phi) is 4.74. The van der Waals surface area contributed by atoms with Crippen molar-refractivity contribution in [3.63, 3.8) is 0 Å². The maximum Gasteiger partial charge on any atom is 0.118 e. The van der Waals surface area contributed by atoms with E-state index in [2.05, 4.69) is 24.3 Å². The molecule has 2 saturated carbocycles. The van der Waals surface area contributed by atoms with Gasteiger partial charge in [-0.05, 0) is 85.3 Å². The highest BCUT2D eigenvalue weighted by atomic mass is 16.5. The topological polar surface area (TPSA) is 43.2 Å². The van der Waals surface area contributed by atoms with Crippen molar-refractivity contribution in [2.45, 2.75) is 25.7 Å². The smallest absolute Gasteiger partial charge is 0.118 e. The molecule has 0 atom stereocenters. The van der Waals surface area contributed by atoms with Gasteiger partial charge in [-0.2, -0.15) is 10.2 Å². The van der Waals surface area contributed by atoms with Gasteiger partial charge < -0.3 is 9.47 Å². The second-order valence-electron chi connectivity index (χ2n) is 6.98. The second kappa shape index (κ2) is 7.32. The maximum atomic E-state index is 5.26. The van der Waals surface area contributed by atoms with Crippen molar-refractivity contribution >= 4 is 11.4 Å². The number of rotatable bonds is 7. The van der Waals surface area contributed by atoms with Gasteiger partial charge in [0.15, 0.2) is 0 Å². The monoisotopic (exact) mass is 348 g/mol. The number of methoxy groups -OCH3 is 2. The first-order valence-electron chi connectivity index (χ1n) is 9.23. The molecule has 2 fully saturated rings. The number of hydrogen-bond acceptors (Lipinski definition) is 4. The Morgan fingerprint density at radius 2 is 1.00 bits per heavy atom. The van der Waals surface area contributed by atoms with E-state index in [-0.39, 0.29) is 0 Å². The van der Waals surface area contributed by atoms with E-state index in [4.69, 9.17) is 19.7 Å². The Balaban J connectivity index is 1.65. The summed E-state index contributed by atoms with van der Waals surface area (Å²) < 4.78 is 10.5. The third-order valence-electron chi connectivity index (χ3n) is 4.97. The van der Waals surface area contributed by atoms with E-state index in [1.165, 1.54) is 25.7 Å². The van der Waals surface area contributed by atoms with Gasteiger partial charge in [0, 0.05) is 11.8 Å². The summed E-state index contributed by atoms with van der Waals surface area (Å²) in [6.45, 7) is 0. The number of nitrogens with zero attached hydrogens (tertiary/aromatic N) is 2. The van der Waals surface area contributed by atoms with E-state index >= 15 is 0 Å². The number of hydrogen-bond donors (Lipinski definition) is 0. The van der Waals surface area contributed by atoms with Crippen molar-refractivity contribution in [1.82, 2.24) is 0 Å². The van der Waals surface area contributed by atoms with Gasteiger partial charge in [0.1, 0.15) is 11.5 Å². The van der Waals surface area contributed by atoms with Crippen molar-refractivity contribution in [2.24, 2.45) is 22.0 Å². The first-order chi connectivity index (χ1) is 12.8. The Bertz CT molecular complexity index is 743. The lowest BCUT2D eigenvalue weighted by Gasteiger charge is -2.07. The van der Waals surface area contributed by atoms with Crippen LogP contribution in [0.1, 0.15) is 36.8 Å². The van der Waals surface area contributed by atoms with Crippen molar-refractivity contribution < 1.29 is 9.47 Å². The fourth-order valence-electron chi connectivity index (χ4n) is 3.10. The average Bonchev–Trinajstić information content (AvgIpc) is 3.59. The fourth-order valence-corrected chi connectivity index (χ4v) is 3.10. The zero-order chi connectivity index (χ0) is 17.9. The molecule has 26 heavy (non-hydrogen) atoms. The van der Waals surface area contributed by atoms with Crippen molar-refractivity contribution in [3.8, 4) is 11.5 Å². The summed E-state index contributed by atoms with van der Waals surface area (Å²) in [4.78, 5) is 0. The first kappa shape index (κ1) is 16.8. The zero-order valence-electron chi connectivity index (χ0n) is 15.3. The van der Waals surface area contributed by atoms with Crippen LogP contribution in [0.25, 0.3) is 0 Å². The van der Waals surface area contributed by atoms with Crippen LogP contribution >= 0.6 is 0 Å². The van der Waals surface area contributed by atoms with Crippen molar-refractivity contribution in [3.05, 3.63) is 59.7 Å². The van der Waals surface area contributed by atoms with Crippen LogP contribution < -0.4 is 9.47 Å². The highest BCUT2D eigenvalue weighted by Gasteiger charge is 2.31. The Labute approximate surface area is 154 Å². The van der Waals surface area contributed by atoms with Crippen LogP contribution in [0.15, 0.2) is 58.7 Å². The Hall–Kier alpha value is -2.62.